The van der Waals surface area contributed by atoms with Gasteiger partial charge >= 0.3 is 0 Å². The maximum Gasteiger partial charge on any atom is 0.202 e. The van der Waals surface area contributed by atoms with Crippen molar-refractivity contribution in [2.45, 2.75) is 20.1 Å². The molecule has 2 aromatic rings. The van der Waals surface area contributed by atoms with Crippen molar-refractivity contribution in [3.05, 3.63) is 41.2 Å². The van der Waals surface area contributed by atoms with E-state index in [0.29, 0.717) is 6.54 Å². The fourth-order valence-electron chi connectivity index (χ4n) is 1.38. The number of aliphatic hydroxyl groups excluding tert-OH is 1. The summed E-state index contributed by atoms with van der Waals surface area (Å²) >= 11 is 1.36. The number of benzene rings is 1. The van der Waals surface area contributed by atoms with Gasteiger partial charge in [-0.05, 0) is 18.1 Å². The SMILES string of the molecule is Cc1nsc(NCc2cccc(CO)c2)n1. The number of rotatable bonds is 4. The molecule has 0 radical (unpaired) electrons. The van der Waals surface area contributed by atoms with Crippen molar-refractivity contribution < 1.29 is 5.11 Å². The molecule has 2 N–H and O–H groups in total. The monoisotopic (exact) mass is 235 g/mol. The molecule has 0 unspecified atom stereocenters. The fraction of sp³-hybridized carbons (Fsp3) is 0.273. The van der Waals surface area contributed by atoms with Gasteiger partial charge in [0.25, 0.3) is 0 Å². The van der Waals surface area contributed by atoms with Crippen molar-refractivity contribution in [3.8, 4) is 0 Å². The first kappa shape index (κ1) is 11.0. The molecule has 1 aromatic carbocycles. The van der Waals surface area contributed by atoms with Crippen LogP contribution in [-0.4, -0.2) is 14.5 Å². The number of hydrogen-bond acceptors (Lipinski definition) is 5. The Kier molecular flexibility index (Phi) is 3.48. The predicted molar refractivity (Wildman–Crippen MR) is 64.3 cm³/mol. The van der Waals surface area contributed by atoms with Gasteiger partial charge in [-0.3, -0.25) is 0 Å². The Balaban J connectivity index is 1.99. The largest absolute Gasteiger partial charge is 0.392 e. The number of nitrogens with one attached hydrogen (secondary N) is 1. The van der Waals surface area contributed by atoms with E-state index in [0.717, 1.165) is 22.1 Å². The van der Waals surface area contributed by atoms with E-state index < -0.39 is 0 Å². The Morgan fingerprint density at radius 2 is 2.19 bits per heavy atom. The summed E-state index contributed by atoms with van der Waals surface area (Å²) in [6.07, 6.45) is 0. The molecule has 0 atom stereocenters. The molecule has 1 aromatic heterocycles. The molecule has 84 valence electrons. The number of aromatic nitrogens is 2. The van der Waals surface area contributed by atoms with Crippen LogP contribution in [0.4, 0.5) is 5.13 Å². The topological polar surface area (TPSA) is 58.0 Å². The lowest BCUT2D eigenvalue weighted by molar-refractivity contribution is 0.281. The van der Waals surface area contributed by atoms with Gasteiger partial charge in [-0.2, -0.15) is 4.37 Å². The second-order valence-electron chi connectivity index (χ2n) is 3.48. The van der Waals surface area contributed by atoms with E-state index >= 15 is 0 Å². The van der Waals surface area contributed by atoms with Gasteiger partial charge in [0.2, 0.25) is 5.13 Å². The summed E-state index contributed by atoms with van der Waals surface area (Å²) < 4.78 is 4.09. The third-order valence-electron chi connectivity index (χ3n) is 2.15. The van der Waals surface area contributed by atoms with Crippen LogP contribution >= 0.6 is 11.5 Å². The molecule has 4 nitrogen and oxygen atoms in total. The van der Waals surface area contributed by atoms with E-state index in [1.54, 1.807) is 0 Å². The lowest BCUT2D eigenvalue weighted by atomic mass is 10.1. The van der Waals surface area contributed by atoms with Crippen LogP contribution in [0.5, 0.6) is 0 Å². The van der Waals surface area contributed by atoms with Gasteiger partial charge in [-0.25, -0.2) is 4.98 Å². The predicted octanol–water partition coefficient (Wildman–Crippen LogP) is 1.95. The Hall–Kier alpha value is -1.46. The third-order valence-corrected chi connectivity index (χ3v) is 2.91. The Morgan fingerprint density at radius 3 is 2.88 bits per heavy atom. The van der Waals surface area contributed by atoms with E-state index in [1.807, 2.05) is 31.2 Å². The molecule has 0 bridgehead atoms. The van der Waals surface area contributed by atoms with Crippen molar-refractivity contribution in [1.29, 1.82) is 0 Å². The van der Waals surface area contributed by atoms with Crippen LogP contribution in [-0.2, 0) is 13.2 Å². The number of anilines is 1. The maximum absolute atomic E-state index is 9.01. The van der Waals surface area contributed by atoms with Gasteiger partial charge in [0.1, 0.15) is 5.82 Å². The summed E-state index contributed by atoms with van der Waals surface area (Å²) in [4.78, 5) is 4.22. The lowest BCUT2D eigenvalue weighted by Crippen LogP contribution is -1.99. The van der Waals surface area contributed by atoms with Crippen LogP contribution in [0.25, 0.3) is 0 Å². The maximum atomic E-state index is 9.01. The van der Waals surface area contributed by atoms with E-state index in [1.165, 1.54) is 11.5 Å². The van der Waals surface area contributed by atoms with E-state index in [9.17, 15) is 0 Å². The van der Waals surface area contributed by atoms with Gasteiger partial charge < -0.3 is 10.4 Å². The van der Waals surface area contributed by atoms with Gasteiger partial charge in [0.15, 0.2) is 0 Å². The van der Waals surface area contributed by atoms with Crippen LogP contribution in [0.1, 0.15) is 17.0 Å². The molecule has 0 fully saturated rings. The quantitative estimate of drug-likeness (QED) is 0.850. The van der Waals surface area contributed by atoms with E-state index in [4.69, 9.17) is 5.11 Å². The van der Waals surface area contributed by atoms with Crippen molar-refractivity contribution >= 4 is 16.7 Å². The zero-order valence-corrected chi connectivity index (χ0v) is 9.79. The van der Waals surface area contributed by atoms with Gasteiger partial charge in [-0.15, -0.1) is 0 Å². The molecule has 5 heteroatoms. The smallest absolute Gasteiger partial charge is 0.202 e. The molecule has 0 spiro atoms. The van der Waals surface area contributed by atoms with Crippen molar-refractivity contribution in [3.63, 3.8) is 0 Å². The first-order chi connectivity index (χ1) is 7.78. The Labute approximate surface area is 98.1 Å². The Bertz CT molecular complexity index is 470. The summed E-state index contributed by atoms with van der Waals surface area (Å²) in [6, 6.07) is 7.83. The molecular weight excluding hydrogens is 222 g/mol. The zero-order chi connectivity index (χ0) is 11.4. The van der Waals surface area contributed by atoms with E-state index in [2.05, 4.69) is 14.7 Å². The average molecular weight is 235 g/mol. The summed E-state index contributed by atoms with van der Waals surface area (Å²) in [5.41, 5.74) is 2.05. The minimum atomic E-state index is 0.0752. The number of aryl methyl sites for hydroxylation is 1. The minimum Gasteiger partial charge on any atom is -0.392 e. The zero-order valence-electron chi connectivity index (χ0n) is 8.97. The van der Waals surface area contributed by atoms with Crippen LogP contribution in [0, 0.1) is 6.92 Å². The number of hydrogen-bond donors (Lipinski definition) is 2. The molecule has 2 rings (SSSR count). The van der Waals surface area contributed by atoms with Crippen LogP contribution in [0.15, 0.2) is 24.3 Å². The summed E-state index contributed by atoms with van der Waals surface area (Å²) in [5.74, 6) is 0.789. The van der Waals surface area contributed by atoms with Gasteiger partial charge in [-0.1, -0.05) is 24.3 Å². The molecule has 0 aliphatic rings. The molecule has 0 saturated heterocycles. The standard InChI is InChI=1S/C11H13N3OS/c1-8-13-11(16-14-8)12-6-9-3-2-4-10(5-9)7-15/h2-5,15H,6-7H2,1H3,(H,12,13,14). The van der Waals surface area contributed by atoms with Crippen molar-refractivity contribution in [2.24, 2.45) is 0 Å². The summed E-state index contributed by atoms with van der Waals surface area (Å²) in [5, 5.41) is 13.0. The Morgan fingerprint density at radius 1 is 1.38 bits per heavy atom. The number of nitrogens with zero attached hydrogens (tertiary/aromatic N) is 2. The third kappa shape index (κ3) is 2.77. The van der Waals surface area contributed by atoms with Crippen LogP contribution in [0.3, 0.4) is 0 Å². The first-order valence-corrected chi connectivity index (χ1v) is 5.78. The highest BCUT2D eigenvalue weighted by Crippen LogP contribution is 2.12. The normalized spacial score (nSPS) is 10.4. The molecule has 1 heterocycles. The molecule has 0 aliphatic heterocycles. The lowest BCUT2D eigenvalue weighted by Gasteiger charge is -2.03. The highest BCUT2D eigenvalue weighted by atomic mass is 32.1. The van der Waals surface area contributed by atoms with E-state index in [-0.39, 0.29) is 6.61 Å². The summed E-state index contributed by atoms with van der Waals surface area (Å²) in [7, 11) is 0. The van der Waals surface area contributed by atoms with Gasteiger partial charge in [0, 0.05) is 18.1 Å². The minimum absolute atomic E-state index is 0.0752. The molecule has 16 heavy (non-hydrogen) atoms. The molecular formula is C11H13N3OS. The first-order valence-electron chi connectivity index (χ1n) is 5.01. The highest BCUT2D eigenvalue weighted by Gasteiger charge is 2.00. The number of aliphatic hydroxyl groups is 1. The van der Waals surface area contributed by atoms with Crippen molar-refractivity contribution in [2.75, 3.05) is 5.32 Å². The second kappa shape index (κ2) is 5.05. The molecule has 0 amide bonds. The van der Waals surface area contributed by atoms with Crippen molar-refractivity contribution in [1.82, 2.24) is 9.36 Å². The second-order valence-corrected chi connectivity index (χ2v) is 4.23. The molecule has 0 saturated carbocycles. The summed E-state index contributed by atoms with van der Waals surface area (Å²) in [6.45, 7) is 2.64. The average Bonchev–Trinajstić information content (AvgIpc) is 2.73. The van der Waals surface area contributed by atoms with Gasteiger partial charge in [0.05, 0.1) is 6.61 Å². The van der Waals surface area contributed by atoms with Crippen LogP contribution in [0.2, 0.25) is 0 Å². The molecule has 0 aliphatic carbocycles. The van der Waals surface area contributed by atoms with Crippen LogP contribution < -0.4 is 5.32 Å². The fourth-order valence-corrected chi connectivity index (χ4v) is 1.95. The highest BCUT2D eigenvalue weighted by molar-refractivity contribution is 7.09.